The van der Waals surface area contributed by atoms with E-state index in [4.69, 9.17) is 16.3 Å². The molecule has 28 heavy (non-hydrogen) atoms. The molecule has 3 aromatic rings. The van der Waals surface area contributed by atoms with Crippen molar-refractivity contribution in [1.29, 1.82) is 0 Å². The molecule has 0 amide bonds. The molecular formula is C24H25ClN2O. The van der Waals surface area contributed by atoms with E-state index in [1.165, 1.54) is 31.2 Å². The van der Waals surface area contributed by atoms with Crippen molar-refractivity contribution in [2.24, 2.45) is 5.92 Å². The Labute approximate surface area is 171 Å². The van der Waals surface area contributed by atoms with Crippen LogP contribution in [-0.2, 0) is 24.2 Å². The zero-order valence-corrected chi connectivity index (χ0v) is 16.7. The molecule has 0 bridgehead atoms. The predicted molar refractivity (Wildman–Crippen MR) is 111 cm³/mol. The first-order valence-electron chi connectivity index (χ1n) is 10.2. The molecule has 0 fully saturated rings. The van der Waals surface area contributed by atoms with Gasteiger partial charge >= 0.3 is 0 Å². The first-order chi connectivity index (χ1) is 13.8. The minimum Gasteiger partial charge on any atom is -0.353 e. The summed E-state index contributed by atoms with van der Waals surface area (Å²) in [4.78, 5) is 4.28. The summed E-state index contributed by atoms with van der Waals surface area (Å²) in [7, 11) is 0. The van der Waals surface area contributed by atoms with E-state index in [0.717, 1.165) is 17.0 Å². The fourth-order valence-electron chi connectivity index (χ4n) is 5.10. The lowest BCUT2D eigenvalue weighted by Gasteiger charge is -2.39. The monoisotopic (exact) mass is 392 g/mol. The molecule has 5 rings (SSSR count). The van der Waals surface area contributed by atoms with Crippen molar-refractivity contribution in [3.05, 3.63) is 88.5 Å². The molecule has 0 saturated heterocycles. The maximum absolute atomic E-state index is 6.49. The molecule has 2 aromatic carbocycles. The Balaban J connectivity index is 1.41. The summed E-state index contributed by atoms with van der Waals surface area (Å²) in [5.41, 5.74) is 5.89. The Hall–Kier alpha value is -2.10. The van der Waals surface area contributed by atoms with Crippen LogP contribution in [0.4, 0.5) is 0 Å². The smallest absolute Gasteiger partial charge is 0.138 e. The summed E-state index contributed by atoms with van der Waals surface area (Å²) in [6, 6.07) is 14.8. The fraction of sp³-hybridized carbons (Fsp3) is 0.375. The number of aryl methyl sites for hydroxylation is 1. The number of rotatable bonds is 5. The number of imidazole rings is 1. The fourth-order valence-corrected chi connectivity index (χ4v) is 5.23. The molecular weight excluding hydrogens is 368 g/mol. The van der Waals surface area contributed by atoms with Crippen molar-refractivity contribution in [2.75, 3.05) is 0 Å². The quantitative estimate of drug-likeness (QED) is 0.537. The van der Waals surface area contributed by atoms with Crippen molar-refractivity contribution in [3.8, 4) is 0 Å². The summed E-state index contributed by atoms with van der Waals surface area (Å²) in [6.45, 7) is 0.577. The van der Waals surface area contributed by atoms with Gasteiger partial charge in [-0.2, -0.15) is 0 Å². The van der Waals surface area contributed by atoms with E-state index < -0.39 is 0 Å². The molecule has 0 unspecified atom stereocenters. The van der Waals surface area contributed by atoms with Gasteiger partial charge in [-0.25, -0.2) is 4.98 Å². The second-order valence-electron chi connectivity index (χ2n) is 8.12. The van der Waals surface area contributed by atoms with E-state index in [2.05, 4.69) is 27.8 Å². The first-order valence-corrected chi connectivity index (χ1v) is 10.6. The van der Waals surface area contributed by atoms with Gasteiger partial charge in [-0.3, -0.25) is 0 Å². The molecule has 2 aliphatic rings. The van der Waals surface area contributed by atoms with Crippen molar-refractivity contribution in [2.45, 2.75) is 50.9 Å². The largest absolute Gasteiger partial charge is 0.353 e. The van der Waals surface area contributed by atoms with Crippen LogP contribution in [0.2, 0.25) is 5.02 Å². The number of hydrogen-bond donors (Lipinski definition) is 0. The van der Waals surface area contributed by atoms with Gasteiger partial charge in [-0.05, 0) is 72.4 Å². The standard InChI is InChI=1S/C24H25ClN2O/c25-22-9-7-17(8-10-22)15-28-24(27-12-11-26-16-27)21-13-19-5-1-3-18-4-2-6-20(14-21)23(18)19/h1,3,5,7-12,16,20-21,24H,2,4,6,13-15H2/t20-,21+,24-/m1/s1. The average Bonchev–Trinajstić information content (AvgIpc) is 3.24. The summed E-state index contributed by atoms with van der Waals surface area (Å²) in [5.74, 6) is 1.12. The van der Waals surface area contributed by atoms with E-state index >= 15 is 0 Å². The van der Waals surface area contributed by atoms with Crippen LogP contribution in [0.25, 0.3) is 0 Å². The SMILES string of the molecule is Clc1ccc(CO[C@H]([C@H]2Cc3cccc4c3[C@H](CCC4)C2)n2ccnc2)cc1. The third-order valence-corrected chi connectivity index (χ3v) is 6.57. The highest BCUT2D eigenvalue weighted by molar-refractivity contribution is 6.30. The predicted octanol–water partition coefficient (Wildman–Crippen LogP) is 5.93. The molecule has 0 saturated carbocycles. The molecule has 1 heterocycles. The number of hydrogen-bond acceptors (Lipinski definition) is 2. The second-order valence-corrected chi connectivity index (χ2v) is 8.55. The lowest BCUT2D eigenvalue weighted by atomic mass is 9.69. The Morgan fingerprint density at radius 1 is 1.14 bits per heavy atom. The number of ether oxygens (including phenoxy) is 1. The normalized spacial score (nSPS) is 21.9. The van der Waals surface area contributed by atoms with Gasteiger partial charge in [0, 0.05) is 23.3 Å². The van der Waals surface area contributed by atoms with Crippen molar-refractivity contribution in [1.82, 2.24) is 9.55 Å². The molecule has 4 heteroatoms. The van der Waals surface area contributed by atoms with Crippen LogP contribution < -0.4 is 0 Å². The Morgan fingerprint density at radius 3 is 2.82 bits per heavy atom. The number of benzene rings is 2. The van der Waals surface area contributed by atoms with Crippen LogP contribution in [0.15, 0.2) is 61.2 Å². The minimum absolute atomic E-state index is 0.00286. The highest BCUT2D eigenvalue weighted by atomic mass is 35.5. The van der Waals surface area contributed by atoms with E-state index in [0.29, 0.717) is 18.4 Å². The van der Waals surface area contributed by atoms with Crippen LogP contribution in [0, 0.1) is 5.92 Å². The van der Waals surface area contributed by atoms with E-state index in [-0.39, 0.29) is 6.23 Å². The molecule has 0 N–H and O–H groups in total. The molecule has 3 nitrogen and oxygen atoms in total. The molecule has 1 aromatic heterocycles. The van der Waals surface area contributed by atoms with Crippen molar-refractivity contribution >= 4 is 11.6 Å². The third-order valence-electron chi connectivity index (χ3n) is 6.32. The van der Waals surface area contributed by atoms with E-state index in [9.17, 15) is 0 Å². The van der Waals surface area contributed by atoms with Gasteiger partial charge in [0.2, 0.25) is 0 Å². The molecule has 0 spiro atoms. The van der Waals surface area contributed by atoms with E-state index in [1.807, 2.05) is 43.0 Å². The summed E-state index contributed by atoms with van der Waals surface area (Å²) < 4.78 is 8.63. The summed E-state index contributed by atoms with van der Waals surface area (Å²) >= 11 is 6.02. The second kappa shape index (κ2) is 7.73. The van der Waals surface area contributed by atoms with Crippen LogP contribution >= 0.6 is 11.6 Å². The summed E-state index contributed by atoms with van der Waals surface area (Å²) in [5, 5.41) is 0.756. The maximum atomic E-state index is 6.49. The third kappa shape index (κ3) is 3.49. The zero-order valence-electron chi connectivity index (χ0n) is 15.9. The van der Waals surface area contributed by atoms with Gasteiger partial charge in [0.15, 0.2) is 0 Å². The van der Waals surface area contributed by atoms with Crippen LogP contribution in [0.1, 0.15) is 53.7 Å². The first kappa shape index (κ1) is 18.0. The zero-order chi connectivity index (χ0) is 18.9. The van der Waals surface area contributed by atoms with Gasteiger partial charge in [0.25, 0.3) is 0 Å². The molecule has 0 radical (unpaired) electrons. The highest BCUT2D eigenvalue weighted by Gasteiger charge is 2.35. The number of aromatic nitrogens is 2. The Morgan fingerprint density at radius 2 is 2.00 bits per heavy atom. The number of nitrogens with zero attached hydrogens (tertiary/aromatic N) is 2. The van der Waals surface area contributed by atoms with Gasteiger partial charge in [-0.15, -0.1) is 0 Å². The molecule has 0 aliphatic heterocycles. The van der Waals surface area contributed by atoms with Gasteiger partial charge in [-0.1, -0.05) is 41.9 Å². The topological polar surface area (TPSA) is 27.1 Å². The lowest BCUT2D eigenvalue weighted by molar-refractivity contribution is -0.0566. The van der Waals surface area contributed by atoms with Gasteiger partial charge in [0.05, 0.1) is 12.9 Å². The Kier molecular flexibility index (Phi) is 4.96. The van der Waals surface area contributed by atoms with Crippen molar-refractivity contribution < 1.29 is 4.74 Å². The lowest BCUT2D eigenvalue weighted by Crippen LogP contribution is -2.30. The van der Waals surface area contributed by atoms with Crippen LogP contribution in [-0.4, -0.2) is 9.55 Å². The van der Waals surface area contributed by atoms with Crippen molar-refractivity contribution in [3.63, 3.8) is 0 Å². The Bertz CT molecular complexity index is 936. The molecule has 3 atom stereocenters. The average molecular weight is 393 g/mol. The van der Waals surface area contributed by atoms with Gasteiger partial charge < -0.3 is 9.30 Å². The molecule has 2 aliphatic carbocycles. The summed E-state index contributed by atoms with van der Waals surface area (Å²) in [6.07, 6.45) is 11.9. The van der Waals surface area contributed by atoms with Crippen LogP contribution in [0.5, 0.6) is 0 Å². The maximum Gasteiger partial charge on any atom is 0.138 e. The molecule has 144 valence electrons. The van der Waals surface area contributed by atoms with Gasteiger partial charge in [0.1, 0.15) is 6.23 Å². The van der Waals surface area contributed by atoms with E-state index in [1.54, 1.807) is 11.1 Å². The number of halogens is 1. The minimum atomic E-state index is -0.00286. The van der Waals surface area contributed by atoms with Crippen LogP contribution in [0.3, 0.4) is 0 Å². The highest BCUT2D eigenvalue weighted by Crippen LogP contribution is 2.46.